The number of hydrogen-bond donors (Lipinski definition) is 1. The van der Waals surface area contributed by atoms with Gasteiger partial charge in [-0.25, -0.2) is 0 Å². The molecule has 1 rings (SSSR count). The molecule has 0 fully saturated rings. The number of halogens is 1. The molecule has 0 heterocycles. The van der Waals surface area contributed by atoms with Crippen LogP contribution in [-0.4, -0.2) is 24.7 Å². The molecule has 0 bridgehead atoms. The average molecular weight is 332 g/mol. The molecule has 1 aromatic rings. The van der Waals surface area contributed by atoms with E-state index in [4.69, 9.17) is 10.5 Å². The number of methoxy groups -OCH3 is 1. The van der Waals surface area contributed by atoms with Crippen LogP contribution in [0.5, 0.6) is 5.75 Å². The summed E-state index contributed by atoms with van der Waals surface area (Å²) in [5.74, 6) is 3.79. The highest BCUT2D eigenvalue weighted by molar-refractivity contribution is 9.10. The molecule has 2 N–H and O–H groups in total. The summed E-state index contributed by atoms with van der Waals surface area (Å²) in [6.07, 6.45) is 0.878. The lowest BCUT2D eigenvalue weighted by Gasteiger charge is -2.14. The molecule has 1 aromatic carbocycles. The van der Waals surface area contributed by atoms with Crippen molar-refractivity contribution >= 4 is 27.7 Å². The smallest absolute Gasteiger partial charge is 0.119 e. The van der Waals surface area contributed by atoms with Crippen LogP contribution in [0, 0.1) is 5.92 Å². The van der Waals surface area contributed by atoms with E-state index in [0.29, 0.717) is 0 Å². The highest BCUT2D eigenvalue weighted by Gasteiger charge is 2.09. The number of nitrogens with two attached hydrogens (primary N) is 1. The van der Waals surface area contributed by atoms with Crippen LogP contribution in [0.3, 0.4) is 0 Å². The molecule has 2 nitrogen and oxygen atoms in total. The summed E-state index contributed by atoms with van der Waals surface area (Å²) in [7, 11) is 1.69. The predicted molar refractivity (Wildman–Crippen MR) is 84.5 cm³/mol. The minimum atomic E-state index is 0.192. The van der Waals surface area contributed by atoms with Gasteiger partial charge in [-0.2, -0.15) is 11.8 Å². The quantitative estimate of drug-likeness (QED) is 0.827. The third-order valence-electron chi connectivity index (χ3n) is 2.52. The molecule has 1 unspecified atom stereocenters. The zero-order valence-corrected chi connectivity index (χ0v) is 13.7. The van der Waals surface area contributed by atoms with Crippen molar-refractivity contribution in [1.29, 1.82) is 0 Å². The van der Waals surface area contributed by atoms with E-state index in [2.05, 4.69) is 35.8 Å². The van der Waals surface area contributed by atoms with Gasteiger partial charge < -0.3 is 10.5 Å². The number of hydrogen-bond acceptors (Lipinski definition) is 3. The summed E-state index contributed by atoms with van der Waals surface area (Å²) in [5, 5.41) is 0. The molecule has 0 aliphatic heterocycles. The van der Waals surface area contributed by atoms with Crippen molar-refractivity contribution in [3.63, 3.8) is 0 Å². The van der Waals surface area contributed by atoms with Crippen molar-refractivity contribution < 1.29 is 4.74 Å². The van der Waals surface area contributed by atoms with E-state index in [0.717, 1.165) is 28.3 Å². The molecule has 102 valence electrons. The Morgan fingerprint density at radius 3 is 2.67 bits per heavy atom. The van der Waals surface area contributed by atoms with Gasteiger partial charge in [0.25, 0.3) is 0 Å². The van der Waals surface area contributed by atoms with Crippen LogP contribution in [-0.2, 0) is 6.42 Å². The molecule has 0 radical (unpaired) electrons. The van der Waals surface area contributed by atoms with Gasteiger partial charge in [0, 0.05) is 16.3 Å². The van der Waals surface area contributed by atoms with Crippen molar-refractivity contribution in [2.24, 2.45) is 11.7 Å². The lowest BCUT2D eigenvalue weighted by atomic mass is 10.1. The monoisotopic (exact) mass is 331 g/mol. The molecule has 0 amide bonds. The Kier molecular flexibility index (Phi) is 7.12. The highest BCUT2D eigenvalue weighted by Crippen LogP contribution is 2.24. The van der Waals surface area contributed by atoms with Gasteiger partial charge in [-0.05, 0) is 41.9 Å². The molecular weight excluding hydrogens is 310 g/mol. The van der Waals surface area contributed by atoms with Gasteiger partial charge in [0.15, 0.2) is 0 Å². The summed E-state index contributed by atoms with van der Waals surface area (Å²) < 4.78 is 6.34. The van der Waals surface area contributed by atoms with E-state index >= 15 is 0 Å². The first-order chi connectivity index (χ1) is 8.52. The zero-order valence-electron chi connectivity index (χ0n) is 11.3. The Morgan fingerprint density at radius 1 is 1.33 bits per heavy atom. The van der Waals surface area contributed by atoms with Gasteiger partial charge in [0.1, 0.15) is 5.75 Å². The fraction of sp³-hybridized carbons (Fsp3) is 0.571. The van der Waals surface area contributed by atoms with Crippen LogP contribution < -0.4 is 10.5 Å². The standard InChI is InChI=1S/C14H22BrNOS/c1-10(2)8-18-9-12(16)6-11-7-13(17-3)4-5-14(11)15/h4-5,7,10,12H,6,8-9,16H2,1-3H3. The van der Waals surface area contributed by atoms with Gasteiger partial charge in [-0.3, -0.25) is 0 Å². The Bertz CT molecular complexity index is 371. The topological polar surface area (TPSA) is 35.2 Å². The van der Waals surface area contributed by atoms with Crippen LogP contribution in [0.15, 0.2) is 22.7 Å². The fourth-order valence-corrected chi connectivity index (χ4v) is 3.07. The lowest BCUT2D eigenvalue weighted by Crippen LogP contribution is -2.26. The van der Waals surface area contributed by atoms with Gasteiger partial charge >= 0.3 is 0 Å². The summed E-state index contributed by atoms with van der Waals surface area (Å²) in [4.78, 5) is 0. The van der Waals surface area contributed by atoms with Crippen molar-refractivity contribution in [2.45, 2.75) is 26.3 Å². The maximum Gasteiger partial charge on any atom is 0.119 e. The first kappa shape index (κ1) is 15.9. The molecule has 0 aliphatic carbocycles. The molecular formula is C14H22BrNOS. The molecule has 0 aromatic heterocycles. The van der Waals surface area contributed by atoms with Crippen molar-refractivity contribution in [2.75, 3.05) is 18.6 Å². The Labute approximate surface area is 123 Å². The minimum Gasteiger partial charge on any atom is -0.497 e. The molecule has 1 atom stereocenters. The van der Waals surface area contributed by atoms with Crippen LogP contribution in [0.4, 0.5) is 0 Å². The molecule has 0 aliphatic rings. The second kappa shape index (κ2) is 8.08. The van der Waals surface area contributed by atoms with Crippen LogP contribution in [0.1, 0.15) is 19.4 Å². The molecule has 0 saturated heterocycles. The van der Waals surface area contributed by atoms with Gasteiger partial charge in [0.2, 0.25) is 0 Å². The Hall–Kier alpha value is -0.190. The maximum atomic E-state index is 6.17. The van der Waals surface area contributed by atoms with E-state index in [-0.39, 0.29) is 6.04 Å². The molecule has 0 saturated carbocycles. The summed E-state index contributed by atoms with van der Waals surface area (Å²) in [6.45, 7) is 4.47. The van der Waals surface area contributed by atoms with E-state index in [1.807, 2.05) is 23.9 Å². The third-order valence-corrected chi connectivity index (χ3v) is 4.86. The Morgan fingerprint density at radius 2 is 2.06 bits per heavy atom. The highest BCUT2D eigenvalue weighted by atomic mass is 79.9. The van der Waals surface area contributed by atoms with E-state index in [9.17, 15) is 0 Å². The van der Waals surface area contributed by atoms with Crippen molar-refractivity contribution in [3.05, 3.63) is 28.2 Å². The average Bonchev–Trinajstić information content (AvgIpc) is 2.31. The van der Waals surface area contributed by atoms with Crippen molar-refractivity contribution in [1.82, 2.24) is 0 Å². The summed E-state index contributed by atoms with van der Waals surface area (Å²) in [5.41, 5.74) is 7.38. The fourth-order valence-electron chi connectivity index (χ4n) is 1.63. The van der Waals surface area contributed by atoms with E-state index in [1.54, 1.807) is 7.11 Å². The van der Waals surface area contributed by atoms with Crippen molar-refractivity contribution in [3.8, 4) is 5.75 Å². The molecule has 0 spiro atoms. The van der Waals surface area contributed by atoms with Gasteiger partial charge in [-0.1, -0.05) is 29.8 Å². The minimum absolute atomic E-state index is 0.192. The van der Waals surface area contributed by atoms with E-state index < -0.39 is 0 Å². The lowest BCUT2D eigenvalue weighted by molar-refractivity contribution is 0.414. The summed E-state index contributed by atoms with van der Waals surface area (Å²) >= 11 is 5.49. The molecule has 4 heteroatoms. The summed E-state index contributed by atoms with van der Waals surface area (Å²) in [6, 6.07) is 6.21. The van der Waals surface area contributed by atoms with Crippen LogP contribution in [0.25, 0.3) is 0 Å². The largest absolute Gasteiger partial charge is 0.497 e. The zero-order chi connectivity index (χ0) is 13.5. The maximum absolute atomic E-state index is 6.17. The normalized spacial score (nSPS) is 12.8. The molecule has 18 heavy (non-hydrogen) atoms. The number of thioether (sulfide) groups is 1. The second-order valence-corrected chi connectivity index (χ2v) is 6.78. The van der Waals surface area contributed by atoms with Gasteiger partial charge in [0.05, 0.1) is 7.11 Å². The Balaban J connectivity index is 2.50. The van der Waals surface area contributed by atoms with Crippen LogP contribution in [0.2, 0.25) is 0 Å². The SMILES string of the molecule is COc1ccc(Br)c(CC(N)CSCC(C)C)c1. The number of benzene rings is 1. The second-order valence-electron chi connectivity index (χ2n) is 4.85. The van der Waals surface area contributed by atoms with Crippen LogP contribution >= 0.6 is 27.7 Å². The predicted octanol–water partition coefficient (Wildman–Crippen LogP) is 3.72. The number of rotatable bonds is 7. The van der Waals surface area contributed by atoms with E-state index in [1.165, 1.54) is 11.3 Å². The number of ether oxygens (including phenoxy) is 1. The first-order valence-corrected chi connectivity index (χ1v) is 8.13. The van der Waals surface area contributed by atoms with Gasteiger partial charge in [-0.15, -0.1) is 0 Å². The first-order valence-electron chi connectivity index (χ1n) is 6.18. The third kappa shape index (κ3) is 5.63.